The number of hydrogen-bond donors (Lipinski definition) is 1. The van der Waals surface area contributed by atoms with Crippen LogP contribution >= 0.6 is 0 Å². The monoisotopic (exact) mass is 411 g/mol. The van der Waals surface area contributed by atoms with Gasteiger partial charge in [0, 0.05) is 59.3 Å². The van der Waals surface area contributed by atoms with Gasteiger partial charge in [0.05, 0.1) is 0 Å². The Kier molecular flexibility index (Phi) is 7.83. The van der Waals surface area contributed by atoms with Crippen LogP contribution < -0.4 is 5.32 Å². The molecule has 2 aliphatic heterocycles. The summed E-state index contributed by atoms with van der Waals surface area (Å²) in [5.41, 5.74) is -0.496. The van der Waals surface area contributed by atoms with Gasteiger partial charge in [-0.1, -0.05) is 0 Å². The molecule has 2 rings (SSSR count). The van der Waals surface area contributed by atoms with Gasteiger partial charge in [-0.25, -0.2) is 9.59 Å². The summed E-state index contributed by atoms with van der Waals surface area (Å²) in [7, 11) is 1.58. The third-order valence-corrected chi connectivity index (χ3v) is 4.79. The fourth-order valence-electron chi connectivity index (χ4n) is 3.21. The van der Waals surface area contributed by atoms with E-state index in [0.29, 0.717) is 32.6 Å². The van der Waals surface area contributed by atoms with Crippen LogP contribution in [0, 0.1) is 0 Å². The first kappa shape index (κ1) is 22.9. The number of carbonyl (C=O) groups is 4. The first-order valence-corrected chi connectivity index (χ1v) is 10.1. The van der Waals surface area contributed by atoms with Crippen molar-refractivity contribution < 1.29 is 23.9 Å². The zero-order valence-corrected chi connectivity index (χ0v) is 17.9. The number of hydrogen-bond acceptors (Lipinski definition) is 6. The molecule has 1 N–H and O–H groups in total. The minimum atomic E-state index is -0.496. The Labute approximate surface area is 172 Å². The Hall–Kier alpha value is -2.36. The number of amides is 5. The molecule has 164 valence electrons. The molecule has 0 aliphatic carbocycles. The Morgan fingerprint density at radius 3 is 2.28 bits per heavy atom. The number of urea groups is 1. The molecule has 0 aromatic rings. The summed E-state index contributed by atoms with van der Waals surface area (Å²) in [6.07, 6.45) is 0.436. The molecule has 10 heteroatoms. The SMILES string of the molecule is CN1CC(=O)N(CCCC(=O)NCCN2CCN(C(=O)OC(C)(C)C)CC2)C1=O. The lowest BCUT2D eigenvalue weighted by Gasteiger charge is -2.35. The molecule has 29 heavy (non-hydrogen) atoms. The predicted molar refractivity (Wildman–Crippen MR) is 106 cm³/mol. The zero-order chi connectivity index (χ0) is 21.6. The summed E-state index contributed by atoms with van der Waals surface area (Å²) in [4.78, 5) is 53.9. The topological polar surface area (TPSA) is 103 Å². The third-order valence-electron chi connectivity index (χ3n) is 4.79. The summed E-state index contributed by atoms with van der Waals surface area (Å²) in [6.45, 7) is 9.84. The van der Waals surface area contributed by atoms with Crippen molar-refractivity contribution in [2.45, 2.75) is 39.2 Å². The van der Waals surface area contributed by atoms with Crippen molar-refractivity contribution >= 4 is 23.9 Å². The van der Waals surface area contributed by atoms with E-state index in [4.69, 9.17) is 4.74 Å². The van der Waals surface area contributed by atoms with Crippen LogP contribution in [0.15, 0.2) is 0 Å². The smallest absolute Gasteiger partial charge is 0.410 e. The van der Waals surface area contributed by atoms with E-state index in [1.54, 1.807) is 11.9 Å². The van der Waals surface area contributed by atoms with E-state index in [1.165, 1.54) is 9.80 Å². The highest BCUT2D eigenvalue weighted by molar-refractivity contribution is 6.01. The number of nitrogens with zero attached hydrogens (tertiary/aromatic N) is 4. The van der Waals surface area contributed by atoms with Gasteiger partial charge in [-0.2, -0.15) is 0 Å². The Bertz CT molecular complexity index is 625. The van der Waals surface area contributed by atoms with Gasteiger partial charge in [0.25, 0.3) is 0 Å². The molecule has 0 aromatic carbocycles. The van der Waals surface area contributed by atoms with Gasteiger partial charge in [0.1, 0.15) is 12.1 Å². The lowest BCUT2D eigenvalue weighted by Crippen LogP contribution is -2.51. The molecule has 2 saturated heterocycles. The maximum Gasteiger partial charge on any atom is 0.410 e. The van der Waals surface area contributed by atoms with Gasteiger partial charge in [-0.3, -0.25) is 19.4 Å². The minimum absolute atomic E-state index is 0.0927. The lowest BCUT2D eigenvalue weighted by atomic mass is 10.2. The van der Waals surface area contributed by atoms with Crippen LogP contribution in [0.2, 0.25) is 0 Å². The molecule has 0 aromatic heterocycles. The van der Waals surface area contributed by atoms with Crippen molar-refractivity contribution in [3.8, 4) is 0 Å². The van der Waals surface area contributed by atoms with Crippen molar-refractivity contribution in [1.82, 2.24) is 24.9 Å². The summed E-state index contributed by atoms with van der Waals surface area (Å²) in [6, 6.07) is -0.305. The van der Waals surface area contributed by atoms with Gasteiger partial charge >= 0.3 is 12.1 Å². The predicted octanol–water partition coefficient (Wildman–Crippen LogP) is 0.330. The first-order chi connectivity index (χ1) is 13.6. The standard InChI is InChI=1S/C19H33N5O5/c1-19(2,3)29-18(28)23-12-10-22(11-13-23)9-7-20-15(25)6-5-8-24-16(26)14-21(4)17(24)27/h5-14H2,1-4H3,(H,20,25). The highest BCUT2D eigenvalue weighted by Crippen LogP contribution is 2.12. The van der Waals surface area contributed by atoms with Crippen molar-refractivity contribution in [3.05, 3.63) is 0 Å². The van der Waals surface area contributed by atoms with Crippen LogP contribution in [0.4, 0.5) is 9.59 Å². The maximum atomic E-state index is 12.1. The van der Waals surface area contributed by atoms with Crippen LogP contribution in [0.1, 0.15) is 33.6 Å². The number of imide groups is 1. The molecular weight excluding hydrogens is 378 g/mol. The van der Waals surface area contributed by atoms with Gasteiger partial charge in [0.15, 0.2) is 0 Å². The maximum absolute atomic E-state index is 12.1. The van der Waals surface area contributed by atoms with Gasteiger partial charge in [-0.05, 0) is 27.2 Å². The Morgan fingerprint density at radius 1 is 1.07 bits per heavy atom. The van der Waals surface area contributed by atoms with E-state index >= 15 is 0 Å². The average molecular weight is 412 g/mol. The summed E-state index contributed by atoms with van der Waals surface area (Å²) in [5.74, 6) is -0.312. The molecule has 2 heterocycles. The molecule has 0 bridgehead atoms. The second kappa shape index (κ2) is 9.91. The van der Waals surface area contributed by atoms with E-state index in [0.717, 1.165) is 13.1 Å². The number of rotatable bonds is 7. The Morgan fingerprint density at radius 2 is 1.72 bits per heavy atom. The molecule has 10 nitrogen and oxygen atoms in total. The van der Waals surface area contributed by atoms with Crippen LogP contribution in [-0.4, -0.2) is 109 Å². The molecule has 0 saturated carbocycles. The fraction of sp³-hybridized carbons (Fsp3) is 0.789. The van der Waals surface area contributed by atoms with E-state index in [9.17, 15) is 19.2 Å². The zero-order valence-electron chi connectivity index (χ0n) is 17.9. The van der Waals surface area contributed by atoms with Gasteiger partial charge in [0.2, 0.25) is 11.8 Å². The van der Waals surface area contributed by atoms with Crippen molar-refractivity contribution in [3.63, 3.8) is 0 Å². The molecule has 0 atom stereocenters. The van der Waals surface area contributed by atoms with E-state index in [-0.39, 0.29) is 43.4 Å². The van der Waals surface area contributed by atoms with Gasteiger partial charge < -0.3 is 19.9 Å². The van der Waals surface area contributed by atoms with E-state index in [1.807, 2.05) is 20.8 Å². The average Bonchev–Trinajstić information content (AvgIpc) is 2.87. The van der Waals surface area contributed by atoms with Crippen LogP contribution in [0.3, 0.4) is 0 Å². The number of nitrogens with one attached hydrogen (secondary N) is 1. The second-order valence-corrected chi connectivity index (χ2v) is 8.45. The van der Waals surface area contributed by atoms with E-state index in [2.05, 4.69) is 10.2 Å². The summed E-state index contributed by atoms with van der Waals surface area (Å²) < 4.78 is 5.38. The number of carbonyl (C=O) groups excluding carboxylic acids is 4. The molecule has 2 fully saturated rings. The van der Waals surface area contributed by atoms with Gasteiger partial charge in [-0.15, -0.1) is 0 Å². The lowest BCUT2D eigenvalue weighted by molar-refractivity contribution is -0.126. The number of ether oxygens (including phenoxy) is 1. The summed E-state index contributed by atoms with van der Waals surface area (Å²) in [5, 5.41) is 2.87. The molecule has 2 aliphatic rings. The fourth-order valence-corrected chi connectivity index (χ4v) is 3.21. The van der Waals surface area contributed by atoms with Crippen LogP contribution in [-0.2, 0) is 14.3 Å². The van der Waals surface area contributed by atoms with Crippen LogP contribution in [0.25, 0.3) is 0 Å². The van der Waals surface area contributed by atoms with E-state index < -0.39 is 5.60 Å². The Balaban J connectivity index is 1.56. The quantitative estimate of drug-likeness (QED) is 0.606. The number of piperazine rings is 1. The minimum Gasteiger partial charge on any atom is -0.444 e. The molecule has 0 unspecified atom stereocenters. The highest BCUT2D eigenvalue weighted by Gasteiger charge is 2.32. The third kappa shape index (κ3) is 7.19. The van der Waals surface area contributed by atoms with Crippen molar-refractivity contribution in [2.24, 2.45) is 0 Å². The molecule has 0 radical (unpaired) electrons. The molecule has 0 spiro atoms. The molecular formula is C19H33N5O5. The number of likely N-dealkylation sites (N-methyl/N-ethyl adjacent to an activating group) is 1. The van der Waals surface area contributed by atoms with Crippen molar-refractivity contribution in [2.75, 3.05) is 59.4 Å². The largest absolute Gasteiger partial charge is 0.444 e. The normalized spacial score (nSPS) is 18.4. The van der Waals surface area contributed by atoms with Crippen LogP contribution in [0.5, 0.6) is 0 Å². The highest BCUT2D eigenvalue weighted by atomic mass is 16.6. The summed E-state index contributed by atoms with van der Waals surface area (Å²) >= 11 is 0. The van der Waals surface area contributed by atoms with Crippen molar-refractivity contribution in [1.29, 1.82) is 0 Å². The first-order valence-electron chi connectivity index (χ1n) is 10.1. The molecule has 5 amide bonds. The second-order valence-electron chi connectivity index (χ2n) is 8.45.